The van der Waals surface area contributed by atoms with Gasteiger partial charge in [-0.1, -0.05) is 5.11 Å². The molecule has 1 aliphatic heterocycles. The fourth-order valence-electron chi connectivity index (χ4n) is 1.96. The number of H-pyrrole nitrogens is 1. The number of nitrogens with one attached hydrogen (secondary N) is 1. The first-order valence-electron chi connectivity index (χ1n) is 5.86. The van der Waals surface area contributed by atoms with Gasteiger partial charge in [-0.3, -0.25) is 14.3 Å². The molecular formula is C11H13N5O4. The molecule has 0 spiro atoms. The highest BCUT2D eigenvalue weighted by molar-refractivity contribution is 5.18. The lowest BCUT2D eigenvalue weighted by molar-refractivity contribution is -0.0148. The minimum absolute atomic E-state index is 0.0162. The Kier molecular flexibility index (Phi) is 4.04. The summed E-state index contributed by atoms with van der Waals surface area (Å²) in [5.74, 6) is 0. The minimum atomic E-state index is -0.805. The van der Waals surface area contributed by atoms with Crippen molar-refractivity contribution in [2.45, 2.75) is 19.3 Å². The van der Waals surface area contributed by atoms with Crippen LogP contribution in [0.25, 0.3) is 10.4 Å². The summed E-state index contributed by atoms with van der Waals surface area (Å²) >= 11 is 0. The summed E-state index contributed by atoms with van der Waals surface area (Å²) < 4.78 is 6.70. The molecule has 0 amide bonds. The van der Waals surface area contributed by atoms with Crippen molar-refractivity contribution in [2.75, 3.05) is 13.2 Å². The Balaban J connectivity index is 2.43. The van der Waals surface area contributed by atoms with Gasteiger partial charge in [-0.15, -0.1) is 0 Å². The van der Waals surface area contributed by atoms with Crippen molar-refractivity contribution in [3.05, 3.63) is 54.7 Å². The number of ether oxygens (including phenoxy) is 1. The molecule has 1 aliphatic rings. The number of azide groups is 1. The molecular weight excluding hydrogens is 266 g/mol. The zero-order chi connectivity index (χ0) is 14.7. The molecule has 2 heterocycles. The molecule has 0 saturated heterocycles. The molecule has 2 atom stereocenters. The molecule has 0 saturated carbocycles. The first-order valence-corrected chi connectivity index (χ1v) is 5.86. The summed E-state index contributed by atoms with van der Waals surface area (Å²) in [6, 6.07) is 0. The van der Waals surface area contributed by atoms with Crippen molar-refractivity contribution in [1.82, 2.24) is 9.55 Å². The Morgan fingerprint density at radius 2 is 2.35 bits per heavy atom. The third-order valence-electron chi connectivity index (χ3n) is 2.92. The second-order valence-electron chi connectivity index (χ2n) is 4.32. The van der Waals surface area contributed by atoms with Gasteiger partial charge < -0.3 is 9.84 Å². The third-order valence-corrected chi connectivity index (χ3v) is 2.92. The average Bonchev–Trinajstić information content (AvgIpc) is 2.83. The van der Waals surface area contributed by atoms with E-state index in [-0.39, 0.29) is 13.2 Å². The Hall–Kier alpha value is -2.35. The molecule has 0 aliphatic carbocycles. The molecule has 1 aromatic rings. The predicted octanol–water partition coefficient (Wildman–Crippen LogP) is -0.0286. The molecule has 0 radical (unpaired) electrons. The van der Waals surface area contributed by atoms with E-state index < -0.39 is 23.6 Å². The first-order chi connectivity index (χ1) is 9.56. The topological polar surface area (TPSA) is 133 Å². The van der Waals surface area contributed by atoms with Crippen molar-refractivity contribution >= 4 is 0 Å². The third kappa shape index (κ3) is 2.64. The van der Waals surface area contributed by atoms with Crippen LogP contribution in [0.1, 0.15) is 11.8 Å². The molecule has 2 rings (SSSR count). The summed E-state index contributed by atoms with van der Waals surface area (Å²) in [5.41, 5.74) is 8.17. The number of aliphatic hydroxyl groups is 1. The van der Waals surface area contributed by atoms with Gasteiger partial charge in [0.25, 0.3) is 5.56 Å². The van der Waals surface area contributed by atoms with Gasteiger partial charge in [0.15, 0.2) is 6.23 Å². The molecule has 9 nitrogen and oxygen atoms in total. The summed E-state index contributed by atoms with van der Waals surface area (Å²) in [6.07, 6.45) is 1.59. The molecule has 20 heavy (non-hydrogen) atoms. The van der Waals surface area contributed by atoms with Crippen molar-refractivity contribution < 1.29 is 9.84 Å². The average molecular weight is 279 g/mol. The number of hydrogen-bond donors (Lipinski definition) is 2. The standard InChI is InChI=1S/C11H13N5O4/c1-6-4-16(11(19)14-9(6)18)10-7(3-13-15-12)2-8(5-17)20-10/h2,4,8,10,17H,3,5H2,1H3,(H,14,18,19)/t8-,10+/m0/s1. The maximum absolute atomic E-state index is 11.8. The van der Waals surface area contributed by atoms with Crippen molar-refractivity contribution in [1.29, 1.82) is 0 Å². The van der Waals surface area contributed by atoms with E-state index in [2.05, 4.69) is 15.0 Å². The van der Waals surface area contributed by atoms with E-state index in [1.807, 2.05) is 0 Å². The van der Waals surface area contributed by atoms with Crippen LogP contribution in [0.4, 0.5) is 0 Å². The van der Waals surface area contributed by atoms with Crippen LogP contribution in [0.15, 0.2) is 32.5 Å². The van der Waals surface area contributed by atoms with Gasteiger partial charge in [0.05, 0.1) is 13.2 Å². The number of rotatable bonds is 4. The fourth-order valence-corrected chi connectivity index (χ4v) is 1.96. The Morgan fingerprint density at radius 3 is 3.00 bits per heavy atom. The summed E-state index contributed by atoms with van der Waals surface area (Å²) in [6.45, 7) is 1.32. The van der Waals surface area contributed by atoms with Gasteiger partial charge in [-0.2, -0.15) is 0 Å². The summed E-state index contributed by atoms with van der Waals surface area (Å²) in [4.78, 5) is 28.0. The molecule has 9 heteroatoms. The van der Waals surface area contributed by atoms with E-state index in [0.717, 1.165) is 0 Å². The summed E-state index contributed by atoms with van der Waals surface area (Å²) in [5, 5.41) is 12.6. The van der Waals surface area contributed by atoms with Gasteiger partial charge >= 0.3 is 5.69 Å². The largest absolute Gasteiger partial charge is 0.393 e. The maximum atomic E-state index is 11.8. The number of aliphatic hydroxyl groups excluding tert-OH is 1. The summed E-state index contributed by atoms with van der Waals surface area (Å²) in [7, 11) is 0. The van der Waals surface area contributed by atoms with Crippen molar-refractivity contribution in [3.8, 4) is 0 Å². The Morgan fingerprint density at radius 1 is 1.60 bits per heavy atom. The highest BCUT2D eigenvalue weighted by Gasteiger charge is 2.28. The molecule has 0 bridgehead atoms. The molecule has 0 unspecified atom stereocenters. The molecule has 0 aromatic carbocycles. The normalized spacial score (nSPS) is 21.4. The number of nitrogens with zero attached hydrogens (tertiary/aromatic N) is 4. The lowest BCUT2D eigenvalue weighted by atomic mass is 10.2. The van der Waals surface area contributed by atoms with Gasteiger partial charge in [-0.05, 0) is 24.1 Å². The van der Waals surface area contributed by atoms with Crippen LogP contribution in [0.5, 0.6) is 0 Å². The van der Waals surface area contributed by atoms with Crippen LogP contribution in [0, 0.1) is 6.92 Å². The van der Waals surface area contributed by atoms with E-state index in [4.69, 9.17) is 15.4 Å². The Labute approximate surface area is 112 Å². The molecule has 2 N–H and O–H groups in total. The van der Waals surface area contributed by atoms with E-state index in [1.54, 1.807) is 13.0 Å². The molecule has 106 valence electrons. The van der Waals surface area contributed by atoms with E-state index in [1.165, 1.54) is 10.8 Å². The molecule has 0 fully saturated rings. The second-order valence-corrected chi connectivity index (χ2v) is 4.32. The molecule has 1 aromatic heterocycles. The number of aromatic nitrogens is 2. The lowest BCUT2D eigenvalue weighted by Crippen LogP contribution is -2.34. The minimum Gasteiger partial charge on any atom is -0.393 e. The number of aryl methyl sites for hydroxylation is 1. The van der Waals surface area contributed by atoms with Crippen molar-refractivity contribution in [3.63, 3.8) is 0 Å². The zero-order valence-corrected chi connectivity index (χ0v) is 10.7. The maximum Gasteiger partial charge on any atom is 0.330 e. The highest BCUT2D eigenvalue weighted by Crippen LogP contribution is 2.27. The van der Waals surface area contributed by atoms with Crippen LogP contribution in [0.2, 0.25) is 0 Å². The first kappa shape index (κ1) is 14.1. The fraction of sp³-hybridized carbons (Fsp3) is 0.455. The smallest absolute Gasteiger partial charge is 0.330 e. The second kappa shape index (κ2) is 5.74. The SMILES string of the molecule is Cc1cn([C@@H]2O[C@H](CO)C=C2CN=[N+]=[N-])c(=O)[nH]c1=O. The number of aromatic amines is 1. The van der Waals surface area contributed by atoms with E-state index in [0.29, 0.717) is 11.1 Å². The monoisotopic (exact) mass is 279 g/mol. The Bertz CT molecular complexity index is 698. The van der Waals surface area contributed by atoms with E-state index in [9.17, 15) is 9.59 Å². The van der Waals surface area contributed by atoms with E-state index >= 15 is 0 Å². The lowest BCUT2D eigenvalue weighted by Gasteiger charge is -2.18. The zero-order valence-electron chi connectivity index (χ0n) is 10.7. The van der Waals surface area contributed by atoms with Crippen LogP contribution in [-0.4, -0.2) is 33.9 Å². The van der Waals surface area contributed by atoms with Gasteiger partial charge in [0, 0.05) is 16.7 Å². The number of hydrogen-bond acceptors (Lipinski definition) is 5. The van der Waals surface area contributed by atoms with Crippen LogP contribution >= 0.6 is 0 Å². The van der Waals surface area contributed by atoms with Crippen LogP contribution in [0.3, 0.4) is 0 Å². The van der Waals surface area contributed by atoms with Crippen LogP contribution < -0.4 is 11.2 Å². The van der Waals surface area contributed by atoms with Gasteiger partial charge in [0.1, 0.15) is 6.10 Å². The predicted molar refractivity (Wildman–Crippen MR) is 69.2 cm³/mol. The van der Waals surface area contributed by atoms with Gasteiger partial charge in [-0.25, -0.2) is 4.79 Å². The van der Waals surface area contributed by atoms with Gasteiger partial charge in [0.2, 0.25) is 0 Å². The van der Waals surface area contributed by atoms with Crippen LogP contribution in [-0.2, 0) is 4.74 Å². The quantitative estimate of drug-likeness (QED) is 0.346. The van der Waals surface area contributed by atoms with Crippen molar-refractivity contribution in [2.24, 2.45) is 5.11 Å². The highest BCUT2D eigenvalue weighted by atomic mass is 16.5.